The zero-order valence-electron chi connectivity index (χ0n) is 7.34. The highest BCUT2D eigenvalue weighted by Gasteiger charge is 2.35. The van der Waals surface area contributed by atoms with E-state index in [1.54, 1.807) is 4.98 Å². The third-order valence-electron chi connectivity index (χ3n) is 1.79. The lowest BCUT2D eigenvalue weighted by Gasteiger charge is -2.03. The van der Waals surface area contributed by atoms with Crippen molar-refractivity contribution in [3.63, 3.8) is 0 Å². The Hall–Kier alpha value is -1.86. The average molecular weight is 219 g/mol. The molecule has 15 heavy (non-hydrogen) atoms. The van der Waals surface area contributed by atoms with E-state index in [0.29, 0.717) is 0 Å². The molecule has 0 aromatic carbocycles. The van der Waals surface area contributed by atoms with Crippen LogP contribution in [-0.4, -0.2) is 15.1 Å². The highest BCUT2D eigenvalue weighted by Crippen LogP contribution is 2.26. The molecule has 0 unspecified atom stereocenters. The van der Waals surface area contributed by atoms with E-state index in [4.69, 9.17) is 0 Å². The molecule has 0 aliphatic rings. The van der Waals surface area contributed by atoms with E-state index in [0.717, 1.165) is 0 Å². The first kappa shape index (κ1) is 9.69. The molecule has 0 amide bonds. The average Bonchev–Trinajstić information content (AvgIpc) is 2.46. The molecule has 0 bridgehead atoms. The molecule has 2 heterocycles. The maximum Gasteiger partial charge on any atom is 0.449 e. The van der Waals surface area contributed by atoms with Crippen molar-refractivity contribution in [3.8, 4) is 0 Å². The van der Waals surface area contributed by atoms with Crippen LogP contribution < -0.4 is 5.56 Å². The number of alkyl halides is 3. The van der Waals surface area contributed by atoms with Gasteiger partial charge in [-0.2, -0.15) is 18.2 Å². The normalized spacial score (nSPS) is 12.3. The molecule has 5 nitrogen and oxygen atoms in total. The molecule has 0 spiro atoms. The number of hydrogen-bond donors (Lipinski definition) is 1. The zero-order chi connectivity index (χ0) is 11.2. The fourth-order valence-corrected chi connectivity index (χ4v) is 1.13. The smallest absolute Gasteiger partial charge is 0.335 e. The predicted octanol–water partition coefficient (Wildman–Crippen LogP) is 1.24. The number of rotatable bonds is 0. The Labute approximate surface area is 79.9 Å². The number of hydrogen-bond acceptors (Lipinski definition) is 4. The van der Waals surface area contributed by atoms with E-state index in [1.165, 1.54) is 6.92 Å². The molecule has 0 saturated carbocycles. The molecule has 1 N–H and O–H groups in total. The van der Waals surface area contributed by atoms with Crippen LogP contribution in [0.2, 0.25) is 0 Å². The first-order valence-electron chi connectivity index (χ1n) is 3.83. The molecule has 2 aromatic heterocycles. The fourth-order valence-electron chi connectivity index (χ4n) is 1.13. The number of nitrogens with one attached hydrogen (secondary N) is 1. The number of halogens is 3. The Bertz CT molecular complexity index is 569. The van der Waals surface area contributed by atoms with Gasteiger partial charge in [-0.3, -0.25) is 4.79 Å². The van der Waals surface area contributed by atoms with Crippen molar-refractivity contribution in [2.45, 2.75) is 13.1 Å². The maximum atomic E-state index is 12.2. The second-order valence-corrected chi connectivity index (χ2v) is 2.86. The van der Waals surface area contributed by atoms with E-state index in [2.05, 4.69) is 14.7 Å². The van der Waals surface area contributed by atoms with Gasteiger partial charge in [0.15, 0.2) is 0 Å². The van der Waals surface area contributed by atoms with E-state index in [1.807, 2.05) is 0 Å². The van der Waals surface area contributed by atoms with Crippen LogP contribution >= 0.6 is 0 Å². The van der Waals surface area contributed by atoms with Crippen molar-refractivity contribution in [1.82, 2.24) is 15.1 Å². The summed E-state index contributed by atoms with van der Waals surface area (Å²) in [5.41, 5.74) is -1.12. The number of H-pyrrole nitrogens is 1. The highest BCUT2D eigenvalue weighted by molar-refractivity contribution is 5.74. The number of fused-ring (bicyclic) bond motifs is 1. The molecule has 0 aliphatic carbocycles. The Morgan fingerprint density at radius 1 is 1.40 bits per heavy atom. The molecule has 0 fully saturated rings. The number of aromatic nitrogens is 3. The minimum atomic E-state index is -4.71. The van der Waals surface area contributed by atoms with Crippen LogP contribution in [0.3, 0.4) is 0 Å². The van der Waals surface area contributed by atoms with Crippen LogP contribution in [0.1, 0.15) is 11.5 Å². The quantitative estimate of drug-likeness (QED) is 0.723. The van der Waals surface area contributed by atoms with Gasteiger partial charge < -0.3 is 9.51 Å². The molecular formula is C7H4F3N3O2. The Kier molecular flexibility index (Phi) is 1.82. The third kappa shape index (κ3) is 1.47. The van der Waals surface area contributed by atoms with Gasteiger partial charge in [0.1, 0.15) is 5.39 Å². The molecule has 0 atom stereocenters. The molecular weight excluding hydrogens is 215 g/mol. The van der Waals surface area contributed by atoms with Gasteiger partial charge in [-0.1, -0.05) is 5.16 Å². The lowest BCUT2D eigenvalue weighted by Crippen LogP contribution is -2.18. The van der Waals surface area contributed by atoms with Crippen LogP contribution in [0.15, 0.2) is 9.32 Å². The topological polar surface area (TPSA) is 71.8 Å². The molecule has 0 aliphatic heterocycles. The molecule has 80 valence electrons. The zero-order valence-corrected chi connectivity index (χ0v) is 7.34. The predicted molar refractivity (Wildman–Crippen MR) is 42.2 cm³/mol. The molecule has 2 rings (SSSR count). The van der Waals surface area contributed by atoms with Crippen molar-refractivity contribution in [2.75, 3.05) is 0 Å². The van der Waals surface area contributed by atoms with Crippen LogP contribution in [0, 0.1) is 6.92 Å². The van der Waals surface area contributed by atoms with Gasteiger partial charge >= 0.3 is 6.18 Å². The second kappa shape index (κ2) is 2.81. The minimum absolute atomic E-state index is 0.0667. The lowest BCUT2D eigenvalue weighted by atomic mass is 10.3. The van der Waals surface area contributed by atoms with Crippen LogP contribution in [0.4, 0.5) is 13.2 Å². The van der Waals surface area contributed by atoms with Crippen molar-refractivity contribution in [1.29, 1.82) is 0 Å². The first-order chi connectivity index (χ1) is 6.89. The third-order valence-corrected chi connectivity index (χ3v) is 1.79. The van der Waals surface area contributed by atoms with E-state index < -0.39 is 23.3 Å². The van der Waals surface area contributed by atoms with Crippen LogP contribution in [-0.2, 0) is 6.18 Å². The summed E-state index contributed by atoms with van der Waals surface area (Å²) in [6.45, 7) is 1.44. The Morgan fingerprint density at radius 3 is 2.67 bits per heavy atom. The summed E-state index contributed by atoms with van der Waals surface area (Å²) in [7, 11) is 0. The Morgan fingerprint density at radius 2 is 2.07 bits per heavy atom. The molecule has 0 radical (unpaired) electrons. The number of aryl methyl sites for hydroxylation is 1. The van der Waals surface area contributed by atoms with E-state index in [-0.39, 0.29) is 11.1 Å². The SMILES string of the molecule is Cc1noc2nc(C(F)(F)F)[nH]c(=O)c12. The summed E-state index contributed by atoms with van der Waals surface area (Å²) in [5.74, 6) is -1.39. The minimum Gasteiger partial charge on any atom is -0.335 e. The number of aromatic amines is 1. The fraction of sp³-hybridized carbons (Fsp3) is 0.286. The molecule has 8 heteroatoms. The highest BCUT2D eigenvalue weighted by atomic mass is 19.4. The summed E-state index contributed by atoms with van der Waals surface area (Å²) >= 11 is 0. The van der Waals surface area contributed by atoms with Gasteiger partial charge in [-0.15, -0.1) is 0 Å². The number of nitrogens with zero attached hydrogens (tertiary/aromatic N) is 2. The van der Waals surface area contributed by atoms with E-state index in [9.17, 15) is 18.0 Å². The largest absolute Gasteiger partial charge is 0.449 e. The van der Waals surface area contributed by atoms with Crippen molar-refractivity contribution >= 4 is 11.1 Å². The van der Waals surface area contributed by atoms with Gasteiger partial charge in [0.2, 0.25) is 5.82 Å². The van der Waals surface area contributed by atoms with Gasteiger partial charge in [0.05, 0.1) is 5.69 Å². The summed E-state index contributed by atoms with van der Waals surface area (Å²) in [5, 5.41) is 3.29. The monoisotopic (exact) mass is 219 g/mol. The Balaban J connectivity index is 2.81. The van der Waals surface area contributed by atoms with Gasteiger partial charge in [0, 0.05) is 0 Å². The summed E-state index contributed by atoms with van der Waals surface area (Å²) < 4.78 is 41.1. The molecule has 2 aromatic rings. The first-order valence-corrected chi connectivity index (χ1v) is 3.83. The van der Waals surface area contributed by atoms with Gasteiger partial charge in [-0.05, 0) is 6.92 Å². The van der Waals surface area contributed by atoms with Gasteiger partial charge in [0.25, 0.3) is 11.3 Å². The van der Waals surface area contributed by atoms with Crippen molar-refractivity contribution in [2.24, 2.45) is 0 Å². The summed E-state index contributed by atoms with van der Waals surface area (Å²) in [4.78, 5) is 16.0. The van der Waals surface area contributed by atoms with Crippen LogP contribution in [0.25, 0.3) is 11.1 Å². The maximum absolute atomic E-state index is 12.2. The molecule has 0 saturated heterocycles. The summed E-state index contributed by atoms with van der Waals surface area (Å²) in [6.07, 6.45) is -4.71. The van der Waals surface area contributed by atoms with E-state index >= 15 is 0 Å². The second-order valence-electron chi connectivity index (χ2n) is 2.86. The summed E-state index contributed by atoms with van der Waals surface area (Å²) in [6, 6.07) is 0. The standard InChI is InChI=1S/C7H4F3N3O2/c1-2-3-4(14)11-6(7(8,9)10)12-5(3)15-13-2/h1H3,(H,11,12,14). The van der Waals surface area contributed by atoms with Crippen molar-refractivity contribution < 1.29 is 17.7 Å². The lowest BCUT2D eigenvalue weighted by molar-refractivity contribution is -0.145. The van der Waals surface area contributed by atoms with Gasteiger partial charge in [-0.25, -0.2) is 0 Å². The van der Waals surface area contributed by atoms with Crippen molar-refractivity contribution in [3.05, 3.63) is 21.9 Å². The van der Waals surface area contributed by atoms with Crippen LogP contribution in [0.5, 0.6) is 0 Å².